The molecule has 0 unspecified atom stereocenters. The molecule has 3 N–H and O–H groups in total. The van der Waals surface area contributed by atoms with E-state index in [1.54, 1.807) is 19.3 Å². The number of nitrogens with zero attached hydrogens (tertiary/aromatic N) is 2. The summed E-state index contributed by atoms with van der Waals surface area (Å²) < 4.78 is 5.53. The number of hydrogen-bond acceptors (Lipinski definition) is 4. The van der Waals surface area contributed by atoms with Crippen molar-refractivity contribution in [3.8, 4) is 0 Å². The molecule has 1 amide bonds. The van der Waals surface area contributed by atoms with E-state index in [-0.39, 0.29) is 29.9 Å². The molecule has 148 valence electrons. The maximum Gasteiger partial charge on any atom is 0.227 e. The Hall–Kier alpha value is -1.42. The number of halogens is 1. The highest BCUT2D eigenvalue weighted by Gasteiger charge is 2.04. The smallest absolute Gasteiger partial charge is 0.227 e. The Bertz CT molecular complexity index is 535. The van der Waals surface area contributed by atoms with Crippen LogP contribution in [0.1, 0.15) is 32.3 Å². The summed E-state index contributed by atoms with van der Waals surface area (Å²) >= 11 is 0. The molecule has 0 aliphatic carbocycles. The first-order valence-electron chi connectivity index (χ1n) is 8.76. The molecule has 7 nitrogen and oxygen atoms in total. The fraction of sp³-hybridized carbons (Fsp3) is 0.611. The van der Waals surface area contributed by atoms with E-state index in [2.05, 4.69) is 39.8 Å². The topological polar surface area (TPSA) is 87.6 Å². The second-order valence-corrected chi connectivity index (χ2v) is 6.27. The van der Waals surface area contributed by atoms with Crippen LogP contribution >= 0.6 is 24.0 Å². The third-order valence-electron chi connectivity index (χ3n) is 3.26. The van der Waals surface area contributed by atoms with Crippen LogP contribution in [0, 0.1) is 12.8 Å². The minimum Gasteiger partial charge on any atom is -0.381 e. The van der Waals surface area contributed by atoms with E-state index in [4.69, 9.17) is 4.74 Å². The number of ether oxygens (including phenoxy) is 1. The van der Waals surface area contributed by atoms with Crippen molar-refractivity contribution in [2.24, 2.45) is 10.9 Å². The summed E-state index contributed by atoms with van der Waals surface area (Å²) in [5.74, 6) is 1.73. The molecule has 0 atom stereocenters. The number of aryl methyl sites for hydroxylation is 1. The predicted octanol–water partition coefficient (Wildman–Crippen LogP) is 2.56. The third-order valence-corrected chi connectivity index (χ3v) is 3.26. The van der Waals surface area contributed by atoms with Gasteiger partial charge in [-0.25, -0.2) is 4.98 Å². The van der Waals surface area contributed by atoms with Crippen molar-refractivity contribution < 1.29 is 9.53 Å². The minimum absolute atomic E-state index is 0. The second kappa shape index (κ2) is 14.7. The lowest BCUT2D eigenvalue weighted by atomic mass is 10.2. The van der Waals surface area contributed by atoms with E-state index >= 15 is 0 Å². The monoisotopic (exact) mass is 477 g/mol. The summed E-state index contributed by atoms with van der Waals surface area (Å²) in [4.78, 5) is 20.2. The van der Waals surface area contributed by atoms with Gasteiger partial charge in [0.05, 0.1) is 0 Å². The van der Waals surface area contributed by atoms with E-state index in [9.17, 15) is 4.79 Å². The Morgan fingerprint density at radius 2 is 2.00 bits per heavy atom. The molecule has 0 aliphatic heterocycles. The van der Waals surface area contributed by atoms with E-state index in [1.165, 1.54) is 0 Å². The highest BCUT2D eigenvalue weighted by molar-refractivity contribution is 14.0. The molecule has 0 saturated heterocycles. The highest BCUT2D eigenvalue weighted by atomic mass is 127. The van der Waals surface area contributed by atoms with E-state index in [0.29, 0.717) is 30.7 Å². The molecule has 8 heteroatoms. The average Bonchev–Trinajstić information content (AvgIpc) is 2.58. The molecule has 0 aliphatic rings. The van der Waals surface area contributed by atoms with Crippen LogP contribution in [0.25, 0.3) is 0 Å². The Balaban J connectivity index is 0.00000625. The van der Waals surface area contributed by atoms with Crippen molar-refractivity contribution in [2.45, 2.75) is 33.6 Å². The van der Waals surface area contributed by atoms with Crippen LogP contribution in [0.4, 0.5) is 5.82 Å². The fourth-order valence-electron chi connectivity index (χ4n) is 1.96. The van der Waals surface area contributed by atoms with Crippen LogP contribution in [0.15, 0.2) is 23.3 Å². The number of aromatic nitrogens is 1. The number of carbonyl (C=O) groups is 1. The summed E-state index contributed by atoms with van der Waals surface area (Å²) in [6.45, 7) is 9.02. The normalized spacial score (nSPS) is 11.0. The van der Waals surface area contributed by atoms with Gasteiger partial charge in [0.2, 0.25) is 5.91 Å². The maximum absolute atomic E-state index is 11.9. The highest BCUT2D eigenvalue weighted by Crippen LogP contribution is 2.03. The molecule has 0 bridgehead atoms. The summed E-state index contributed by atoms with van der Waals surface area (Å²) in [6, 6.07) is 3.71. The zero-order valence-corrected chi connectivity index (χ0v) is 18.5. The number of rotatable bonds is 10. The van der Waals surface area contributed by atoms with E-state index in [0.717, 1.165) is 31.7 Å². The molecule has 1 aromatic rings. The van der Waals surface area contributed by atoms with Crippen LogP contribution < -0.4 is 16.0 Å². The quantitative estimate of drug-likeness (QED) is 0.209. The molecule has 0 fully saturated rings. The Morgan fingerprint density at radius 3 is 2.62 bits per heavy atom. The van der Waals surface area contributed by atoms with Crippen molar-refractivity contribution >= 4 is 41.7 Å². The van der Waals surface area contributed by atoms with Gasteiger partial charge in [-0.05, 0) is 30.9 Å². The first kappa shape index (κ1) is 24.6. The largest absolute Gasteiger partial charge is 0.381 e. The van der Waals surface area contributed by atoms with Crippen LogP contribution in [-0.2, 0) is 9.53 Å². The van der Waals surface area contributed by atoms with Gasteiger partial charge in [0, 0.05) is 46.0 Å². The van der Waals surface area contributed by atoms with Crippen molar-refractivity contribution in [1.82, 2.24) is 15.6 Å². The second-order valence-electron chi connectivity index (χ2n) is 6.27. The SMILES string of the molecule is CN=C(NCCCOCC(C)C)NCCC(=O)Nc1ccc(C)cn1.I. The average molecular weight is 477 g/mol. The number of carbonyl (C=O) groups excluding carboxylic acids is 1. The first-order valence-corrected chi connectivity index (χ1v) is 8.76. The first-order chi connectivity index (χ1) is 12.0. The predicted molar refractivity (Wildman–Crippen MR) is 117 cm³/mol. The fourth-order valence-corrected chi connectivity index (χ4v) is 1.96. The van der Waals surface area contributed by atoms with Crippen molar-refractivity contribution in [3.05, 3.63) is 23.9 Å². The van der Waals surface area contributed by atoms with Crippen LogP contribution in [-0.4, -0.2) is 50.2 Å². The van der Waals surface area contributed by atoms with Gasteiger partial charge in [-0.2, -0.15) is 0 Å². The summed E-state index contributed by atoms with van der Waals surface area (Å²) in [7, 11) is 1.71. The number of hydrogen-bond donors (Lipinski definition) is 3. The number of nitrogens with one attached hydrogen (secondary N) is 3. The summed E-state index contributed by atoms with van der Waals surface area (Å²) in [6.07, 6.45) is 2.98. The van der Waals surface area contributed by atoms with E-state index < -0.39 is 0 Å². The molecule has 0 spiro atoms. The minimum atomic E-state index is -0.0820. The van der Waals surface area contributed by atoms with Gasteiger partial charge in [0.15, 0.2) is 5.96 Å². The van der Waals surface area contributed by atoms with Gasteiger partial charge in [-0.1, -0.05) is 19.9 Å². The lowest BCUT2D eigenvalue weighted by Gasteiger charge is -2.12. The van der Waals surface area contributed by atoms with Gasteiger partial charge in [0.25, 0.3) is 0 Å². The van der Waals surface area contributed by atoms with Gasteiger partial charge < -0.3 is 20.7 Å². The van der Waals surface area contributed by atoms with Gasteiger partial charge in [0.1, 0.15) is 5.82 Å². The molecular weight excluding hydrogens is 445 g/mol. The van der Waals surface area contributed by atoms with Crippen LogP contribution in [0.3, 0.4) is 0 Å². The van der Waals surface area contributed by atoms with E-state index in [1.807, 2.05) is 13.0 Å². The third kappa shape index (κ3) is 12.0. The van der Waals surface area contributed by atoms with Crippen LogP contribution in [0.2, 0.25) is 0 Å². The van der Waals surface area contributed by atoms with Gasteiger partial charge >= 0.3 is 0 Å². The number of pyridine rings is 1. The van der Waals surface area contributed by atoms with Crippen molar-refractivity contribution in [3.63, 3.8) is 0 Å². The number of anilines is 1. The zero-order chi connectivity index (χ0) is 18.5. The van der Waals surface area contributed by atoms with Crippen LogP contribution in [0.5, 0.6) is 0 Å². The molecule has 1 rings (SSSR count). The number of amides is 1. The van der Waals surface area contributed by atoms with Gasteiger partial charge in [-0.3, -0.25) is 9.79 Å². The number of aliphatic imine (C=N–C) groups is 1. The Morgan fingerprint density at radius 1 is 1.27 bits per heavy atom. The summed E-state index contributed by atoms with van der Waals surface area (Å²) in [5.41, 5.74) is 1.06. The molecule has 0 radical (unpaired) electrons. The van der Waals surface area contributed by atoms with Crippen molar-refractivity contribution in [2.75, 3.05) is 38.7 Å². The molecule has 1 heterocycles. The molecule has 0 saturated carbocycles. The molecule has 26 heavy (non-hydrogen) atoms. The Kier molecular flexibility index (Phi) is 13.9. The Labute approximate surface area is 173 Å². The lowest BCUT2D eigenvalue weighted by Crippen LogP contribution is -2.39. The van der Waals surface area contributed by atoms with Crippen molar-refractivity contribution in [1.29, 1.82) is 0 Å². The lowest BCUT2D eigenvalue weighted by molar-refractivity contribution is -0.116. The molecule has 0 aromatic carbocycles. The molecular formula is C18H32IN5O2. The standard InChI is InChI=1S/C18H31N5O2.HI/c1-14(2)13-25-11-5-9-20-18(19-4)21-10-8-17(24)23-16-7-6-15(3)12-22-16;/h6-7,12,14H,5,8-11,13H2,1-4H3,(H2,19,20,21)(H,22,23,24);1H. The summed E-state index contributed by atoms with van der Waals surface area (Å²) in [5, 5.41) is 9.09. The maximum atomic E-state index is 11.9. The van der Waals surface area contributed by atoms with Gasteiger partial charge in [-0.15, -0.1) is 24.0 Å². The molecule has 1 aromatic heterocycles. The zero-order valence-electron chi connectivity index (χ0n) is 16.2. The number of guanidine groups is 1.